The summed E-state index contributed by atoms with van der Waals surface area (Å²) in [5, 5.41) is 4.23. The maximum absolute atomic E-state index is 5.27. The summed E-state index contributed by atoms with van der Waals surface area (Å²) in [5.41, 5.74) is 2.49. The van der Waals surface area contributed by atoms with Crippen LogP contribution in [-0.4, -0.2) is 0 Å². The SMILES string of the molecule is Cc1cscc1-c1ccco1. The van der Waals surface area contributed by atoms with Crippen LogP contribution in [0, 0.1) is 6.92 Å². The molecule has 2 heterocycles. The van der Waals surface area contributed by atoms with Gasteiger partial charge in [0.15, 0.2) is 0 Å². The summed E-state index contributed by atoms with van der Waals surface area (Å²) >= 11 is 1.70. The molecule has 0 fully saturated rings. The molecule has 1 nitrogen and oxygen atoms in total. The van der Waals surface area contributed by atoms with Crippen molar-refractivity contribution >= 4 is 11.3 Å². The molecule has 0 N–H and O–H groups in total. The zero-order valence-electron chi connectivity index (χ0n) is 6.20. The normalized spacial score (nSPS) is 10.3. The van der Waals surface area contributed by atoms with Crippen LogP contribution in [-0.2, 0) is 0 Å². The second-order valence-electron chi connectivity index (χ2n) is 2.45. The lowest BCUT2D eigenvalue weighted by Crippen LogP contribution is -1.70. The highest BCUT2D eigenvalue weighted by molar-refractivity contribution is 7.08. The first kappa shape index (κ1) is 6.68. The molecule has 2 heteroatoms. The Hall–Kier alpha value is -1.02. The Balaban J connectivity index is 2.53. The Morgan fingerprint density at radius 1 is 1.36 bits per heavy atom. The van der Waals surface area contributed by atoms with Crippen molar-refractivity contribution in [3.8, 4) is 11.3 Å². The van der Waals surface area contributed by atoms with Crippen molar-refractivity contribution in [2.24, 2.45) is 0 Å². The van der Waals surface area contributed by atoms with Crippen LogP contribution < -0.4 is 0 Å². The lowest BCUT2D eigenvalue weighted by molar-refractivity contribution is 0.582. The average Bonchev–Trinajstić information content (AvgIpc) is 2.55. The van der Waals surface area contributed by atoms with E-state index < -0.39 is 0 Å². The van der Waals surface area contributed by atoms with Crippen LogP contribution in [0.2, 0.25) is 0 Å². The Bertz CT molecular complexity index is 332. The molecule has 2 aromatic heterocycles. The molecule has 0 saturated heterocycles. The van der Waals surface area contributed by atoms with Crippen molar-refractivity contribution in [2.45, 2.75) is 6.92 Å². The predicted molar refractivity (Wildman–Crippen MR) is 46.8 cm³/mol. The van der Waals surface area contributed by atoms with Crippen molar-refractivity contribution in [1.29, 1.82) is 0 Å². The molecule has 0 saturated carbocycles. The van der Waals surface area contributed by atoms with Gasteiger partial charge in [-0.2, -0.15) is 11.3 Å². The Labute approximate surface area is 69.3 Å². The minimum Gasteiger partial charge on any atom is -0.464 e. The minimum atomic E-state index is 0.962. The topological polar surface area (TPSA) is 13.1 Å². The second kappa shape index (κ2) is 2.55. The van der Waals surface area contributed by atoms with Gasteiger partial charge >= 0.3 is 0 Å². The molecule has 0 bridgehead atoms. The maximum Gasteiger partial charge on any atom is 0.134 e. The van der Waals surface area contributed by atoms with E-state index in [1.807, 2.05) is 12.1 Å². The number of thiophene rings is 1. The van der Waals surface area contributed by atoms with E-state index in [1.54, 1.807) is 17.6 Å². The summed E-state index contributed by atoms with van der Waals surface area (Å²) in [6.07, 6.45) is 1.70. The molecule has 0 spiro atoms. The molecule has 11 heavy (non-hydrogen) atoms. The molecule has 0 radical (unpaired) electrons. The van der Waals surface area contributed by atoms with Crippen molar-refractivity contribution in [3.63, 3.8) is 0 Å². The third-order valence-corrected chi connectivity index (χ3v) is 2.50. The quantitative estimate of drug-likeness (QED) is 0.630. The van der Waals surface area contributed by atoms with E-state index in [0.717, 1.165) is 5.76 Å². The fourth-order valence-corrected chi connectivity index (χ4v) is 1.88. The molecule has 56 valence electrons. The summed E-state index contributed by atoms with van der Waals surface area (Å²) in [4.78, 5) is 0. The fourth-order valence-electron chi connectivity index (χ4n) is 1.04. The van der Waals surface area contributed by atoms with E-state index in [1.165, 1.54) is 11.1 Å². The van der Waals surface area contributed by atoms with E-state index in [0.29, 0.717) is 0 Å². The highest BCUT2D eigenvalue weighted by Crippen LogP contribution is 2.26. The van der Waals surface area contributed by atoms with E-state index in [2.05, 4.69) is 17.7 Å². The number of hydrogen-bond acceptors (Lipinski definition) is 2. The molecule has 2 aromatic rings. The lowest BCUT2D eigenvalue weighted by Gasteiger charge is -1.91. The summed E-state index contributed by atoms with van der Waals surface area (Å²) in [6.45, 7) is 2.09. The summed E-state index contributed by atoms with van der Waals surface area (Å²) in [6, 6.07) is 3.89. The lowest BCUT2D eigenvalue weighted by atomic mass is 10.2. The van der Waals surface area contributed by atoms with Gasteiger partial charge in [-0.3, -0.25) is 0 Å². The van der Waals surface area contributed by atoms with Gasteiger partial charge in [-0.25, -0.2) is 0 Å². The first-order valence-electron chi connectivity index (χ1n) is 3.44. The zero-order valence-corrected chi connectivity index (χ0v) is 7.02. The van der Waals surface area contributed by atoms with E-state index in [-0.39, 0.29) is 0 Å². The highest BCUT2D eigenvalue weighted by atomic mass is 32.1. The molecule has 0 aliphatic rings. The molecule has 2 rings (SSSR count). The van der Waals surface area contributed by atoms with Gasteiger partial charge in [0.1, 0.15) is 5.76 Å². The Kier molecular flexibility index (Phi) is 1.55. The molecule has 0 atom stereocenters. The third kappa shape index (κ3) is 1.10. The molecule has 0 aromatic carbocycles. The number of furan rings is 1. The van der Waals surface area contributed by atoms with Crippen LogP contribution in [0.4, 0.5) is 0 Å². The standard InChI is InChI=1S/C9H8OS/c1-7-5-11-6-8(7)9-3-2-4-10-9/h2-6H,1H3. The largest absolute Gasteiger partial charge is 0.464 e. The van der Waals surface area contributed by atoms with Crippen molar-refractivity contribution in [2.75, 3.05) is 0 Å². The molecule has 0 unspecified atom stereocenters. The summed E-state index contributed by atoms with van der Waals surface area (Å²) in [5.74, 6) is 0.962. The van der Waals surface area contributed by atoms with Crippen LogP contribution >= 0.6 is 11.3 Å². The van der Waals surface area contributed by atoms with E-state index in [9.17, 15) is 0 Å². The van der Waals surface area contributed by atoms with Crippen molar-refractivity contribution in [1.82, 2.24) is 0 Å². The van der Waals surface area contributed by atoms with Crippen LogP contribution in [0.1, 0.15) is 5.56 Å². The Morgan fingerprint density at radius 2 is 2.27 bits per heavy atom. The third-order valence-electron chi connectivity index (χ3n) is 1.64. The van der Waals surface area contributed by atoms with Gasteiger partial charge in [-0.15, -0.1) is 0 Å². The van der Waals surface area contributed by atoms with Gasteiger partial charge in [-0.1, -0.05) is 0 Å². The van der Waals surface area contributed by atoms with Gasteiger partial charge in [-0.05, 0) is 30.0 Å². The molecule has 0 aliphatic carbocycles. The van der Waals surface area contributed by atoms with E-state index in [4.69, 9.17) is 4.42 Å². The highest BCUT2D eigenvalue weighted by Gasteiger charge is 2.03. The summed E-state index contributed by atoms with van der Waals surface area (Å²) in [7, 11) is 0. The maximum atomic E-state index is 5.27. The molecular weight excluding hydrogens is 156 g/mol. The Morgan fingerprint density at radius 3 is 2.82 bits per heavy atom. The first-order valence-corrected chi connectivity index (χ1v) is 4.39. The number of aryl methyl sites for hydroxylation is 1. The zero-order chi connectivity index (χ0) is 7.68. The van der Waals surface area contributed by atoms with Crippen LogP contribution in [0.25, 0.3) is 11.3 Å². The van der Waals surface area contributed by atoms with E-state index >= 15 is 0 Å². The number of hydrogen-bond donors (Lipinski definition) is 0. The predicted octanol–water partition coefficient (Wildman–Crippen LogP) is 3.32. The van der Waals surface area contributed by atoms with Gasteiger partial charge in [0, 0.05) is 10.9 Å². The fraction of sp³-hybridized carbons (Fsp3) is 0.111. The molecular formula is C9H8OS. The van der Waals surface area contributed by atoms with Crippen molar-refractivity contribution in [3.05, 3.63) is 34.7 Å². The number of rotatable bonds is 1. The van der Waals surface area contributed by atoms with Gasteiger partial charge in [0.05, 0.1) is 6.26 Å². The minimum absolute atomic E-state index is 0.962. The van der Waals surface area contributed by atoms with Crippen LogP contribution in [0.3, 0.4) is 0 Å². The van der Waals surface area contributed by atoms with Crippen LogP contribution in [0.15, 0.2) is 33.6 Å². The first-order chi connectivity index (χ1) is 5.38. The van der Waals surface area contributed by atoms with Crippen LogP contribution in [0.5, 0.6) is 0 Å². The molecule has 0 amide bonds. The average molecular weight is 164 g/mol. The summed E-state index contributed by atoms with van der Waals surface area (Å²) < 4.78 is 5.27. The van der Waals surface area contributed by atoms with Gasteiger partial charge in [0.2, 0.25) is 0 Å². The molecule has 0 aliphatic heterocycles. The van der Waals surface area contributed by atoms with Gasteiger partial charge < -0.3 is 4.42 Å². The monoisotopic (exact) mass is 164 g/mol. The van der Waals surface area contributed by atoms with Gasteiger partial charge in [0.25, 0.3) is 0 Å². The second-order valence-corrected chi connectivity index (χ2v) is 3.19. The smallest absolute Gasteiger partial charge is 0.134 e. The van der Waals surface area contributed by atoms with Crippen molar-refractivity contribution < 1.29 is 4.42 Å².